The van der Waals surface area contributed by atoms with Crippen LogP contribution in [0, 0.1) is 11.8 Å². The first-order chi connectivity index (χ1) is 9.93. The lowest BCUT2D eigenvalue weighted by Gasteiger charge is -2.39. The van der Waals surface area contributed by atoms with Crippen molar-refractivity contribution in [3.63, 3.8) is 0 Å². The molecule has 0 saturated heterocycles. The summed E-state index contributed by atoms with van der Waals surface area (Å²) in [6.07, 6.45) is 15.9. The van der Waals surface area contributed by atoms with Crippen molar-refractivity contribution < 1.29 is 4.42 Å². The maximum atomic E-state index is 5.43. The summed E-state index contributed by atoms with van der Waals surface area (Å²) in [5.74, 6) is 3.06. The Labute approximate surface area is 123 Å². The Balaban J connectivity index is 1.49. The Morgan fingerprint density at radius 3 is 2.60 bits per heavy atom. The zero-order valence-corrected chi connectivity index (χ0v) is 12.7. The fourth-order valence-corrected chi connectivity index (χ4v) is 4.38. The van der Waals surface area contributed by atoms with E-state index in [4.69, 9.17) is 4.42 Å². The smallest absolute Gasteiger partial charge is 0.105 e. The van der Waals surface area contributed by atoms with Gasteiger partial charge in [-0.05, 0) is 36.8 Å². The van der Waals surface area contributed by atoms with Crippen LogP contribution in [0.5, 0.6) is 0 Å². The third-order valence-corrected chi connectivity index (χ3v) is 5.43. The summed E-state index contributed by atoms with van der Waals surface area (Å²) in [5, 5.41) is 3.85. The molecule has 2 saturated carbocycles. The second-order valence-corrected chi connectivity index (χ2v) is 6.74. The maximum absolute atomic E-state index is 5.43. The lowest BCUT2D eigenvalue weighted by Crippen LogP contribution is -2.43. The molecule has 0 bridgehead atoms. The maximum Gasteiger partial charge on any atom is 0.105 e. The van der Waals surface area contributed by atoms with Gasteiger partial charge in [0.1, 0.15) is 5.76 Å². The van der Waals surface area contributed by atoms with Crippen LogP contribution >= 0.6 is 0 Å². The second kappa shape index (κ2) is 7.31. The standard InChI is InChI=1S/C18H29NO/c1-2-7-15(8-3-1)17-10-4-5-11-18(17)19-13-12-16-9-6-14-20-16/h6,9,14-15,17-19H,1-5,7-8,10-13H2. The van der Waals surface area contributed by atoms with Gasteiger partial charge in [-0.1, -0.05) is 44.9 Å². The third-order valence-electron chi connectivity index (χ3n) is 5.43. The Morgan fingerprint density at radius 1 is 1.00 bits per heavy atom. The second-order valence-electron chi connectivity index (χ2n) is 6.74. The van der Waals surface area contributed by atoms with Crippen LogP contribution in [-0.4, -0.2) is 12.6 Å². The van der Waals surface area contributed by atoms with Gasteiger partial charge in [-0.25, -0.2) is 0 Å². The fraction of sp³-hybridized carbons (Fsp3) is 0.778. The van der Waals surface area contributed by atoms with E-state index in [0.29, 0.717) is 0 Å². The van der Waals surface area contributed by atoms with Crippen LogP contribution in [0.1, 0.15) is 63.5 Å². The molecule has 1 heterocycles. The van der Waals surface area contributed by atoms with Crippen LogP contribution in [0.3, 0.4) is 0 Å². The molecule has 2 atom stereocenters. The molecular weight excluding hydrogens is 246 g/mol. The quantitative estimate of drug-likeness (QED) is 0.852. The molecular formula is C18H29NO. The van der Waals surface area contributed by atoms with Gasteiger partial charge in [0.25, 0.3) is 0 Å². The molecule has 0 amide bonds. The molecule has 1 aromatic rings. The molecule has 2 heteroatoms. The van der Waals surface area contributed by atoms with Crippen LogP contribution in [-0.2, 0) is 6.42 Å². The van der Waals surface area contributed by atoms with Gasteiger partial charge in [0, 0.05) is 19.0 Å². The Kier molecular flexibility index (Phi) is 5.18. The highest BCUT2D eigenvalue weighted by atomic mass is 16.3. The first kappa shape index (κ1) is 14.2. The van der Waals surface area contributed by atoms with E-state index in [2.05, 4.69) is 11.4 Å². The first-order valence-corrected chi connectivity index (χ1v) is 8.69. The summed E-state index contributed by atoms with van der Waals surface area (Å²) in [7, 11) is 0. The van der Waals surface area contributed by atoms with Crippen molar-refractivity contribution in [3.8, 4) is 0 Å². The number of furan rings is 1. The lowest BCUT2D eigenvalue weighted by atomic mass is 9.71. The topological polar surface area (TPSA) is 25.2 Å². The normalized spacial score (nSPS) is 28.6. The average Bonchev–Trinajstić information content (AvgIpc) is 3.02. The van der Waals surface area contributed by atoms with E-state index in [1.165, 1.54) is 57.8 Å². The molecule has 1 N–H and O–H groups in total. The van der Waals surface area contributed by atoms with E-state index >= 15 is 0 Å². The Hall–Kier alpha value is -0.760. The van der Waals surface area contributed by atoms with Gasteiger partial charge >= 0.3 is 0 Å². The van der Waals surface area contributed by atoms with Crippen LogP contribution in [0.25, 0.3) is 0 Å². The van der Waals surface area contributed by atoms with E-state index in [1.54, 1.807) is 6.26 Å². The van der Waals surface area contributed by atoms with E-state index in [-0.39, 0.29) is 0 Å². The predicted molar refractivity (Wildman–Crippen MR) is 82.7 cm³/mol. The molecule has 2 nitrogen and oxygen atoms in total. The number of rotatable bonds is 5. The van der Waals surface area contributed by atoms with E-state index in [1.807, 2.05) is 6.07 Å². The van der Waals surface area contributed by atoms with Gasteiger partial charge in [-0.2, -0.15) is 0 Å². The molecule has 20 heavy (non-hydrogen) atoms. The highest BCUT2D eigenvalue weighted by Gasteiger charge is 2.31. The summed E-state index contributed by atoms with van der Waals surface area (Å²) in [5.41, 5.74) is 0. The Morgan fingerprint density at radius 2 is 1.80 bits per heavy atom. The van der Waals surface area contributed by atoms with Gasteiger partial charge in [-0.15, -0.1) is 0 Å². The van der Waals surface area contributed by atoms with E-state index < -0.39 is 0 Å². The van der Waals surface area contributed by atoms with Crippen molar-refractivity contribution in [2.45, 2.75) is 70.3 Å². The summed E-state index contributed by atoms with van der Waals surface area (Å²) < 4.78 is 5.43. The monoisotopic (exact) mass is 275 g/mol. The van der Waals surface area contributed by atoms with Crippen LogP contribution in [0.4, 0.5) is 0 Å². The van der Waals surface area contributed by atoms with Crippen LogP contribution in [0.2, 0.25) is 0 Å². The van der Waals surface area contributed by atoms with Gasteiger partial charge in [0.2, 0.25) is 0 Å². The zero-order chi connectivity index (χ0) is 13.6. The highest BCUT2D eigenvalue weighted by molar-refractivity contribution is 4.98. The molecule has 0 radical (unpaired) electrons. The van der Waals surface area contributed by atoms with E-state index in [0.717, 1.165) is 36.6 Å². The average molecular weight is 275 g/mol. The fourth-order valence-electron chi connectivity index (χ4n) is 4.38. The number of hydrogen-bond donors (Lipinski definition) is 1. The molecule has 0 aromatic carbocycles. The summed E-state index contributed by atoms with van der Waals surface area (Å²) >= 11 is 0. The molecule has 2 aliphatic rings. The van der Waals surface area contributed by atoms with Gasteiger partial charge in [-0.3, -0.25) is 0 Å². The summed E-state index contributed by atoms with van der Waals surface area (Å²) in [6, 6.07) is 4.84. The first-order valence-electron chi connectivity index (χ1n) is 8.69. The molecule has 2 fully saturated rings. The van der Waals surface area contributed by atoms with Crippen LogP contribution in [0.15, 0.2) is 22.8 Å². The lowest BCUT2D eigenvalue weighted by molar-refractivity contribution is 0.150. The third kappa shape index (κ3) is 3.66. The van der Waals surface area contributed by atoms with E-state index in [9.17, 15) is 0 Å². The highest BCUT2D eigenvalue weighted by Crippen LogP contribution is 2.38. The minimum atomic E-state index is 0.766. The van der Waals surface area contributed by atoms with Gasteiger partial charge < -0.3 is 9.73 Å². The van der Waals surface area contributed by atoms with Gasteiger partial charge in [0.15, 0.2) is 0 Å². The molecule has 0 aliphatic heterocycles. The Bertz CT molecular complexity index is 367. The molecule has 0 spiro atoms. The van der Waals surface area contributed by atoms with Gasteiger partial charge in [0.05, 0.1) is 6.26 Å². The molecule has 112 valence electrons. The van der Waals surface area contributed by atoms with Crippen molar-refractivity contribution in [3.05, 3.63) is 24.2 Å². The SMILES string of the molecule is c1coc(CCNC2CCCCC2C2CCCCC2)c1. The van der Waals surface area contributed by atoms with Crippen molar-refractivity contribution in [1.29, 1.82) is 0 Å². The van der Waals surface area contributed by atoms with Crippen molar-refractivity contribution >= 4 is 0 Å². The largest absolute Gasteiger partial charge is 0.469 e. The molecule has 1 aromatic heterocycles. The molecule has 3 rings (SSSR count). The van der Waals surface area contributed by atoms with Crippen molar-refractivity contribution in [2.75, 3.05) is 6.54 Å². The summed E-state index contributed by atoms with van der Waals surface area (Å²) in [6.45, 7) is 1.07. The summed E-state index contributed by atoms with van der Waals surface area (Å²) in [4.78, 5) is 0. The molecule has 2 unspecified atom stereocenters. The zero-order valence-electron chi connectivity index (χ0n) is 12.7. The van der Waals surface area contributed by atoms with Crippen molar-refractivity contribution in [1.82, 2.24) is 5.32 Å². The van der Waals surface area contributed by atoms with Crippen LogP contribution < -0.4 is 5.32 Å². The minimum absolute atomic E-state index is 0.766. The minimum Gasteiger partial charge on any atom is -0.469 e. The number of nitrogens with one attached hydrogen (secondary N) is 1. The molecule has 2 aliphatic carbocycles. The predicted octanol–water partition coefficient (Wildman–Crippen LogP) is 4.55. The number of hydrogen-bond acceptors (Lipinski definition) is 2. The van der Waals surface area contributed by atoms with Crippen molar-refractivity contribution in [2.24, 2.45) is 11.8 Å².